The zero-order valence-electron chi connectivity index (χ0n) is 14.4. The molecule has 0 saturated carbocycles. The lowest BCUT2D eigenvalue weighted by Crippen LogP contribution is -2.50. The number of carbonyl (C=O) groups is 1. The van der Waals surface area contributed by atoms with Crippen LogP contribution in [0.15, 0.2) is 21.3 Å². The fraction of sp³-hybridized carbons (Fsp3) is 0.529. The summed E-state index contributed by atoms with van der Waals surface area (Å²) in [4.78, 5) is 14.5. The van der Waals surface area contributed by atoms with Gasteiger partial charge in [0.2, 0.25) is 0 Å². The molecule has 6 nitrogen and oxygen atoms in total. The Balaban J connectivity index is 1.68. The molecule has 3 rings (SSSR count). The maximum absolute atomic E-state index is 12.7. The van der Waals surface area contributed by atoms with Crippen LogP contribution < -0.4 is 5.32 Å². The van der Waals surface area contributed by atoms with Crippen LogP contribution in [0.2, 0.25) is 0 Å². The van der Waals surface area contributed by atoms with Crippen LogP contribution in [0, 0.1) is 13.8 Å². The number of amides is 2. The Kier molecular flexibility index (Phi) is 4.91. The van der Waals surface area contributed by atoms with Gasteiger partial charge in [0.25, 0.3) is 0 Å². The first-order chi connectivity index (χ1) is 11.5. The first kappa shape index (κ1) is 17.0. The number of urea groups is 1. The maximum atomic E-state index is 12.7. The minimum Gasteiger partial charge on any atom is -0.367 e. The molecule has 2 amide bonds. The molecule has 130 valence electrons. The molecule has 7 heteroatoms. The molecule has 0 aliphatic carbocycles. The molecule has 0 spiro atoms. The van der Waals surface area contributed by atoms with Gasteiger partial charge in [-0.1, -0.05) is 5.16 Å². The number of thiophene rings is 1. The van der Waals surface area contributed by atoms with Gasteiger partial charge in [-0.3, -0.25) is 0 Å². The molecule has 0 bridgehead atoms. The lowest BCUT2D eigenvalue weighted by atomic mass is 10.1. The normalized spacial score (nSPS) is 22.4. The van der Waals surface area contributed by atoms with E-state index in [0.29, 0.717) is 13.1 Å². The van der Waals surface area contributed by atoms with Crippen LogP contribution in [0.5, 0.6) is 0 Å². The van der Waals surface area contributed by atoms with Crippen LogP contribution in [0.25, 0.3) is 0 Å². The number of aromatic nitrogens is 1. The van der Waals surface area contributed by atoms with Crippen molar-refractivity contribution in [2.24, 2.45) is 0 Å². The van der Waals surface area contributed by atoms with Crippen LogP contribution in [-0.4, -0.2) is 35.3 Å². The minimum absolute atomic E-state index is 0.00349. The highest BCUT2D eigenvalue weighted by atomic mass is 32.1. The molecule has 2 aromatic rings. The third kappa shape index (κ3) is 3.47. The molecule has 1 aliphatic rings. The molecule has 1 N–H and O–H groups in total. The predicted molar refractivity (Wildman–Crippen MR) is 92.1 cm³/mol. The van der Waals surface area contributed by atoms with Gasteiger partial charge in [-0.05, 0) is 50.1 Å². The predicted octanol–water partition coefficient (Wildman–Crippen LogP) is 3.59. The summed E-state index contributed by atoms with van der Waals surface area (Å²) in [5, 5.41) is 11.1. The maximum Gasteiger partial charge on any atom is 0.318 e. The largest absolute Gasteiger partial charge is 0.367 e. The first-order valence-electron chi connectivity index (χ1n) is 8.11. The van der Waals surface area contributed by atoms with E-state index < -0.39 is 0 Å². The first-order valence-corrected chi connectivity index (χ1v) is 9.05. The quantitative estimate of drug-likeness (QED) is 0.919. The van der Waals surface area contributed by atoms with E-state index in [1.807, 2.05) is 38.0 Å². The second-order valence-corrected chi connectivity index (χ2v) is 7.09. The number of nitrogens with one attached hydrogen (secondary N) is 1. The molecule has 3 heterocycles. The summed E-state index contributed by atoms with van der Waals surface area (Å²) < 4.78 is 11.2. The smallest absolute Gasteiger partial charge is 0.318 e. The summed E-state index contributed by atoms with van der Waals surface area (Å²) in [7, 11) is 0. The van der Waals surface area contributed by atoms with Crippen LogP contribution in [-0.2, 0) is 4.74 Å². The third-order valence-electron chi connectivity index (χ3n) is 4.32. The highest BCUT2D eigenvalue weighted by Crippen LogP contribution is 2.27. The number of hydrogen-bond acceptors (Lipinski definition) is 5. The van der Waals surface area contributed by atoms with E-state index in [9.17, 15) is 4.79 Å². The molecule has 2 aromatic heterocycles. The van der Waals surface area contributed by atoms with E-state index in [1.165, 1.54) is 0 Å². The van der Waals surface area contributed by atoms with E-state index in [1.54, 1.807) is 11.3 Å². The van der Waals surface area contributed by atoms with E-state index in [2.05, 4.69) is 21.9 Å². The summed E-state index contributed by atoms with van der Waals surface area (Å²) >= 11 is 1.64. The average molecular weight is 349 g/mol. The standard InChI is InChI=1S/C17H23N3O3S/c1-10-7-20(8-15(22-10)14-5-6-24-9-14)17(21)18-11(2)16-12(3)19-23-13(16)4/h5-6,9-11,15H,7-8H2,1-4H3,(H,18,21). The molecule has 3 atom stereocenters. The van der Waals surface area contributed by atoms with Crippen molar-refractivity contribution in [1.82, 2.24) is 15.4 Å². The van der Waals surface area contributed by atoms with Crippen LogP contribution in [0.3, 0.4) is 0 Å². The van der Waals surface area contributed by atoms with Gasteiger partial charge in [0.05, 0.1) is 24.4 Å². The van der Waals surface area contributed by atoms with Gasteiger partial charge in [0, 0.05) is 12.1 Å². The molecule has 3 unspecified atom stereocenters. The SMILES string of the molecule is Cc1noc(C)c1C(C)NC(=O)N1CC(C)OC(c2ccsc2)C1. The van der Waals surface area contributed by atoms with E-state index >= 15 is 0 Å². The third-order valence-corrected chi connectivity index (χ3v) is 5.03. The Bertz CT molecular complexity index is 679. The summed E-state index contributed by atoms with van der Waals surface area (Å²) in [6, 6.07) is 1.81. The number of hydrogen-bond donors (Lipinski definition) is 1. The van der Waals surface area contributed by atoms with Gasteiger partial charge >= 0.3 is 6.03 Å². The number of aryl methyl sites for hydroxylation is 2. The molecule has 0 radical (unpaired) electrons. The Morgan fingerprint density at radius 3 is 2.88 bits per heavy atom. The fourth-order valence-electron chi connectivity index (χ4n) is 3.22. The summed E-state index contributed by atoms with van der Waals surface area (Å²) in [6.45, 7) is 8.84. The van der Waals surface area contributed by atoms with Crippen molar-refractivity contribution in [3.63, 3.8) is 0 Å². The molecule has 1 fully saturated rings. The zero-order chi connectivity index (χ0) is 17.3. The molecule has 0 aromatic carbocycles. The number of morpholine rings is 1. The van der Waals surface area contributed by atoms with Crippen molar-refractivity contribution < 1.29 is 14.1 Å². The van der Waals surface area contributed by atoms with E-state index in [0.717, 1.165) is 22.6 Å². The van der Waals surface area contributed by atoms with Crippen molar-refractivity contribution in [2.45, 2.75) is 45.9 Å². The number of carbonyl (C=O) groups excluding carboxylic acids is 1. The number of nitrogens with zero attached hydrogens (tertiary/aromatic N) is 2. The highest BCUT2D eigenvalue weighted by molar-refractivity contribution is 7.07. The van der Waals surface area contributed by atoms with Crippen molar-refractivity contribution in [1.29, 1.82) is 0 Å². The van der Waals surface area contributed by atoms with Crippen molar-refractivity contribution in [3.05, 3.63) is 39.4 Å². The molecular formula is C17H23N3O3S. The second-order valence-electron chi connectivity index (χ2n) is 6.31. The summed E-state index contributed by atoms with van der Waals surface area (Å²) in [5.41, 5.74) is 2.88. The van der Waals surface area contributed by atoms with Gasteiger partial charge in [0.15, 0.2) is 0 Å². The summed E-state index contributed by atoms with van der Waals surface area (Å²) in [6.07, 6.45) is -0.0658. The Hall–Kier alpha value is -1.86. The molecule has 1 saturated heterocycles. The second kappa shape index (κ2) is 6.94. The topological polar surface area (TPSA) is 67.6 Å². The van der Waals surface area contributed by atoms with Gasteiger partial charge < -0.3 is 19.5 Å². The van der Waals surface area contributed by atoms with Crippen LogP contribution in [0.1, 0.15) is 48.6 Å². The lowest BCUT2D eigenvalue weighted by Gasteiger charge is -2.37. The lowest BCUT2D eigenvalue weighted by molar-refractivity contribution is -0.0657. The average Bonchev–Trinajstić information content (AvgIpc) is 3.16. The van der Waals surface area contributed by atoms with Crippen LogP contribution >= 0.6 is 11.3 Å². The van der Waals surface area contributed by atoms with Crippen molar-refractivity contribution in [3.8, 4) is 0 Å². The monoisotopic (exact) mass is 349 g/mol. The van der Waals surface area contributed by atoms with Gasteiger partial charge in [-0.2, -0.15) is 11.3 Å². The fourth-order valence-corrected chi connectivity index (χ4v) is 3.92. The van der Waals surface area contributed by atoms with Crippen molar-refractivity contribution in [2.75, 3.05) is 13.1 Å². The molecule has 24 heavy (non-hydrogen) atoms. The molecule has 1 aliphatic heterocycles. The Morgan fingerprint density at radius 1 is 1.46 bits per heavy atom. The van der Waals surface area contributed by atoms with Crippen LogP contribution in [0.4, 0.5) is 4.79 Å². The number of ether oxygens (including phenoxy) is 1. The Morgan fingerprint density at radius 2 is 2.25 bits per heavy atom. The van der Waals surface area contributed by atoms with E-state index in [4.69, 9.17) is 9.26 Å². The van der Waals surface area contributed by atoms with Gasteiger partial charge in [-0.15, -0.1) is 0 Å². The van der Waals surface area contributed by atoms with E-state index in [-0.39, 0.29) is 24.3 Å². The zero-order valence-corrected chi connectivity index (χ0v) is 15.2. The summed E-state index contributed by atoms with van der Waals surface area (Å²) in [5.74, 6) is 0.742. The van der Waals surface area contributed by atoms with Crippen molar-refractivity contribution >= 4 is 17.4 Å². The number of rotatable bonds is 3. The van der Waals surface area contributed by atoms with Gasteiger partial charge in [0.1, 0.15) is 11.9 Å². The highest BCUT2D eigenvalue weighted by Gasteiger charge is 2.30. The Labute approximate surface area is 145 Å². The molecular weight excluding hydrogens is 326 g/mol. The minimum atomic E-state index is -0.151. The van der Waals surface area contributed by atoms with Gasteiger partial charge in [-0.25, -0.2) is 4.79 Å².